The molecule has 0 spiro atoms. The Morgan fingerprint density at radius 3 is 2.88 bits per heavy atom. The van der Waals surface area contributed by atoms with Gasteiger partial charge in [0.25, 0.3) is 0 Å². The smallest absolute Gasteiger partial charge is 0.219 e. The molecule has 25 heavy (non-hydrogen) atoms. The minimum absolute atomic E-state index is 0.0131. The van der Waals surface area contributed by atoms with E-state index < -0.39 is 0 Å². The van der Waals surface area contributed by atoms with Gasteiger partial charge in [0.1, 0.15) is 5.76 Å². The number of hydrogen-bond acceptors (Lipinski definition) is 8. The first kappa shape index (κ1) is 14.5. The van der Waals surface area contributed by atoms with Crippen molar-refractivity contribution >= 4 is 28.8 Å². The third-order valence-corrected chi connectivity index (χ3v) is 5.55. The Kier molecular flexibility index (Phi) is 3.24. The number of hydrogen-bond donors (Lipinski definition) is 2. The summed E-state index contributed by atoms with van der Waals surface area (Å²) in [5.74, 6) is 1.95. The van der Waals surface area contributed by atoms with Crippen molar-refractivity contribution in [2.75, 3.05) is 10.6 Å². The van der Waals surface area contributed by atoms with Crippen molar-refractivity contribution in [3.8, 4) is 0 Å². The first-order valence-corrected chi connectivity index (χ1v) is 8.86. The van der Waals surface area contributed by atoms with E-state index >= 15 is 0 Å². The van der Waals surface area contributed by atoms with E-state index in [-0.39, 0.29) is 17.7 Å². The highest BCUT2D eigenvalue weighted by atomic mass is 32.1. The van der Waals surface area contributed by atoms with Gasteiger partial charge in [-0.25, -0.2) is 4.63 Å². The summed E-state index contributed by atoms with van der Waals surface area (Å²) in [5, 5.41) is 16.4. The van der Waals surface area contributed by atoms with Gasteiger partial charge < -0.3 is 15.1 Å². The predicted molar refractivity (Wildman–Crippen MR) is 91.3 cm³/mol. The van der Waals surface area contributed by atoms with Crippen LogP contribution in [0.15, 0.2) is 56.2 Å². The average molecular weight is 354 g/mol. The zero-order chi connectivity index (χ0) is 16.8. The molecule has 126 valence electrons. The maximum Gasteiger partial charge on any atom is 0.219 e. The van der Waals surface area contributed by atoms with E-state index in [1.807, 2.05) is 29.6 Å². The number of nitrogens with zero attached hydrogens (tertiary/aromatic N) is 2. The zero-order valence-electron chi connectivity index (χ0n) is 13.1. The minimum Gasteiger partial charge on any atom is -0.469 e. The molecule has 0 aromatic carbocycles. The number of thiophene rings is 1. The lowest BCUT2D eigenvalue weighted by atomic mass is 9.81. The van der Waals surface area contributed by atoms with Crippen LogP contribution in [0.4, 0.5) is 11.6 Å². The maximum absolute atomic E-state index is 13.0. The van der Waals surface area contributed by atoms with Crippen LogP contribution >= 0.6 is 11.3 Å². The number of furan rings is 1. The summed E-state index contributed by atoms with van der Waals surface area (Å²) in [6.45, 7) is 0. The lowest BCUT2D eigenvalue weighted by Gasteiger charge is -2.27. The van der Waals surface area contributed by atoms with Gasteiger partial charge in [-0.2, -0.15) is 0 Å². The van der Waals surface area contributed by atoms with Crippen LogP contribution in [0.2, 0.25) is 0 Å². The lowest BCUT2D eigenvalue weighted by Crippen LogP contribution is -2.26. The van der Waals surface area contributed by atoms with Crippen molar-refractivity contribution in [3.63, 3.8) is 0 Å². The Hall–Kier alpha value is -2.87. The van der Waals surface area contributed by atoms with Crippen molar-refractivity contribution in [3.05, 3.63) is 57.8 Å². The second kappa shape index (κ2) is 5.59. The quantitative estimate of drug-likeness (QED) is 0.724. The summed E-state index contributed by atoms with van der Waals surface area (Å²) < 4.78 is 10.4. The normalized spacial score (nSPS) is 22.6. The van der Waals surface area contributed by atoms with Crippen molar-refractivity contribution in [2.24, 2.45) is 0 Å². The van der Waals surface area contributed by atoms with Gasteiger partial charge in [-0.3, -0.25) is 4.79 Å². The van der Waals surface area contributed by atoms with Crippen LogP contribution in [0, 0.1) is 0 Å². The maximum atomic E-state index is 13.0. The van der Waals surface area contributed by atoms with Crippen LogP contribution in [0.1, 0.15) is 35.4 Å². The summed E-state index contributed by atoms with van der Waals surface area (Å²) in [7, 11) is 0. The molecule has 0 bridgehead atoms. The third-order valence-electron chi connectivity index (χ3n) is 4.61. The molecule has 1 aliphatic heterocycles. The standard InChI is InChI=1S/C17H14N4O3S/c22-11-8-9(12-3-1-5-23-12)7-10-14(11)15(13-4-2-6-25-13)19-17-16(18-10)20-24-21-17/h1-6,9,15H,7-8H2,(H,18,20)(H,19,21). The molecule has 0 amide bonds. The van der Waals surface area contributed by atoms with Crippen LogP contribution in [0.25, 0.3) is 0 Å². The van der Waals surface area contributed by atoms with E-state index in [2.05, 4.69) is 20.9 Å². The van der Waals surface area contributed by atoms with Crippen LogP contribution < -0.4 is 10.6 Å². The Labute approximate surface area is 146 Å². The number of carbonyl (C=O) groups excluding carboxylic acids is 1. The number of allylic oxidation sites excluding steroid dienone is 1. The molecule has 0 saturated heterocycles. The van der Waals surface area contributed by atoms with Gasteiger partial charge in [0.05, 0.1) is 12.3 Å². The average Bonchev–Trinajstić information content (AvgIpc) is 3.35. The highest BCUT2D eigenvalue weighted by Gasteiger charge is 2.38. The van der Waals surface area contributed by atoms with Crippen molar-refractivity contribution < 1.29 is 13.8 Å². The summed E-state index contributed by atoms with van der Waals surface area (Å²) in [6.07, 6.45) is 2.73. The molecular formula is C17H14N4O3S. The number of nitrogens with one attached hydrogen (secondary N) is 2. The number of Topliss-reactive ketones (excluding diaryl/α,β-unsaturated/α-hetero) is 1. The van der Waals surface area contributed by atoms with E-state index in [0.29, 0.717) is 24.5 Å². The molecule has 4 heterocycles. The van der Waals surface area contributed by atoms with Crippen molar-refractivity contribution in [1.29, 1.82) is 0 Å². The fraction of sp³-hybridized carbons (Fsp3) is 0.235. The highest BCUT2D eigenvalue weighted by Crippen LogP contribution is 2.44. The number of aromatic nitrogens is 2. The first-order chi connectivity index (χ1) is 12.3. The van der Waals surface area contributed by atoms with Gasteiger partial charge in [0.15, 0.2) is 5.78 Å². The van der Waals surface area contributed by atoms with E-state index in [4.69, 9.17) is 9.05 Å². The molecule has 2 N–H and O–H groups in total. The van der Waals surface area contributed by atoms with Gasteiger partial charge in [0, 0.05) is 28.5 Å². The predicted octanol–water partition coefficient (Wildman–Crippen LogP) is 3.70. The Balaban J connectivity index is 1.61. The van der Waals surface area contributed by atoms with E-state index in [1.54, 1.807) is 17.6 Å². The van der Waals surface area contributed by atoms with E-state index in [1.165, 1.54) is 0 Å². The molecule has 2 atom stereocenters. The molecule has 2 aliphatic rings. The van der Waals surface area contributed by atoms with Crippen molar-refractivity contribution in [2.45, 2.75) is 24.8 Å². The Morgan fingerprint density at radius 2 is 2.08 bits per heavy atom. The molecule has 0 fully saturated rings. The molecule has 5 rings (SSSR count). The minimum atomic E-state index is -0.263. The molecule has 0 radical (unpaired) electrons. The summed E-state index contributed by atoms with van der Waals surface area (Å²) in [4.78, 5) is 14.1. The summed E-state index contributed by atoms with van der Waals surface area (Å²) in [5.41, 5.74) is 1.59. The number of ketones is 1. The molecule has 0 saturated carbocycles. The number of anilines is 2. The summed E-state index contributed by atoms with van der Waals surface area (Å²) >= 11 is 1.60. The van der Waals surface area contributed by atoms with Crippen molar-refractivity contribution in [1.82, 2.24) is 10.3 Å². The van der Waals surface area contributed by atoms with Crippen LogP contribution in [-0.2, 0) is 4.79 Å². The number of carbonyl (C=O) groups is 1. The molecular weight excluding hydrogens is 340 g/mol. The van der Waals surface area contributed by atoms with Crippen LogP contribution in [-0.4, -0.2) is 16.1 Å². The molecule has 7 nitrogen and oxygen atoms in total. The highest BCUT2D eigenvalue weighted by molar-refractivity contribution is 7.10. The largest absolute Gasteiger partial charge is 0.469 e. The second-order valence-corrected chi connectivity index (χ2v) is 7.09. The Bertz CT molecular complexity index is 943. The number of fused-ring (bicyclic) bond motifs is 1. The lowest BCUT2D eigenvalue weighted by molar-refractivity contribution is -0.116. The van der Waals surface area contributed by atoms with Gasteiger partial charge in [-0.05, 0) is 40.3 Å². The van der Waals surface area contributed by atoms with E-state index in [0.717, 1.165) is 21.9 Å². The summed E-state index contributed by atoms with van der Waals surface area (Å²) in [6, 6.07) is 7.48. The fourth-order valence-electron chi connectivity index (χ4n) is 3.49. The van der Waals surface area contributed by atoms with E-state index in [9.17, 15) is 4.79 Å². The first-order valence-electron chi connectivity index (χ1n) is 7.99. The topological polar surface area (TPSA) is 93.2 Å². The van der Waals surface area contributed by atoms with Crippen LogP contribution in [0.3, 0.4) is 0 Å². The molecule has 8 heteroatoms. The molecule has 1 aliphatic carbocycles. The monoisotopic (exact) mass is 354 g/mol. The molecule has 3 aromatic heterocycles. The van der Waals surface area contributed by atoms with Crippen LogP contribution in [0.5, 0.6) is 0 Å². The Morgan fingerprint density at radius 1 is 1.16 bits per heavy atom. The SMILES string of the molecule is O=C1CC(c2ccco2)CC2=C1C(c1cccs1)Nc1nonc1N2. The van der Waals surface area contributed by atoms with Gasteiger partial charge in [-0.1, -0.05) is 6.07 Å². The van der Waals surface area contributed by atoms with Gasteiger partial charge in [-0.15, -0.1) is 11.3 Å². The fourth-order valence-corrected chi connectivity index (χ4v) is 4.28. The number of rotatable bonds is 2. The second-order valence-electron chi connectivity index (χ2n) is 6.12. The van der Waals surface area contributed by atoms with Gasteiger partial charge in [0.2, 0.25) is 11.6 Å². The third kappa shape index (κ3) is 2.37. The zero-order valence-corrected chi connectivity index (χ0v) is 13.9. The molecule has 3 aromatic rings. The molecule has 2 unspecified atom stereocenters. The van der Waals surface area contributed by atoms with Gasteiger partial charge >= 0.3 is 0 Å².